The van der Waals surface area contributed by atoms with Crippen LogP contribution in [0.4, 0.5) is 0 Å². The minimum atomic E-state index is -1.25. The number of nitrogens with two attached hydrogens (primary N) is 1. The van der Waals surface area contributed by atoms with E-state index < -0.39 is 47.9 Å². The van der Waals surface area contributed by atoms with Crippen LogP contribution in [-0.2, 0) is 38.4 Å². The van der Waals surface area contributed by atoms with E-state index in [1.54, 1.807) is 30.5 Å². The highest BCUT2D eigenvalue weighted by Gasteiger charge is 2.30. The van der Waals surface area contributed by atoms with Crippen LogP contribution in [0.5, 0.6) is 0 Å². The van der Waals surface area contributed by atoms with Crippen LogP contribution in [-0.4, -0.2) is 84.9 Å². The Morgan fingerprint density at radius 1 is 0.850 bits per heavy atom. The van der Waals surface area contributed by atoms with Gasteiger partial charge in [0.05, 0.1) is 18.7 Å². The summed E-state index contributed by atoms with van der Waals surface area (Å²) in [5, 5.41) is 17.6. The molecule has 0 aliphatic carbocycles. The van der Waals surface area contributed by atoms with E-state index in [0.717, 1.165) is 5.56 Å². The average molecular weight is 571 g/mol. The van der Waals surface area contributed by atoms with Crippen molar-refractivity contribution in [2.45, 2.75) is 49.9 Å². The summed E-state index contributed by atoms with van der Waals surface area (Å²) >= 11 is 1.50. The molecule has 0 aliphatic heterocycles. The molecule has 40 heavy (non-hydrogen) atoms. The first-order chi connectivity index (χ1) is 19.3. The smallest absolute Gasteiger partial charge is 0.326 e. The van der Waals surface area contributed by atoms with Crippen LogP contribution < -0.4 is 21.7 Å². The molecule has 0 fully saturated rings. The van der Waals surface area contributed by atoms with Gasteiger partial charge in [-0.05, 0) is 24.0 Å². The zero-order valence-corrected chi connectivity index (χ0v) is 22.8. The van der Waals surface area contributed by atoms with E-state index in [4.69, 9.17) is 5.73 Å². The number of carbonyl (C=O) groups excluding carboxylic acids is 3. The molecular formula is C26H34N8O5S. The van der Waals surface area contributed by atoms with E-state index >= 15 is 0 Å². The van der Waals surface area contributed by atoms with E-state index in [1.807, 2.05) is 12.3 Å². The molecule has 3 amide bonds. The Bertz CT molecular complexity index is 1220. The minimum absolute atomic E-state index is 0.0201. The van der Waals surface area contributed by atoms with Crippen molar-refractivity contribution in [3.05, 3.63) is 72.3 Å². The van der Waals surface area contributed by atoms with Gasteiger partial charge in [0.15, 0.2) is 0 Å². The summed E-state index contributed by atoms with van der Waals surface area (Å²) in [4.78, 5) is 64.9. The molecule has 0 spiro atoms. The number of aliphatic carboxylic acids is 1. The summed E-state index contributed by atoms with van der Waals surface area (Å²) < 4.78 is 0. The fourth-order valence-electron chi connectivity index (χ4n) is 3.93. The van der Waals surface area contributed by atoms with E-state index in [0.29, 0.717) is 23.6 Å². The molecule has 14 heteroatoms. The summed E-state index contributed by atoms with van der Waals surface area (Å²) in [5.41, 5.74) is 8.02. The van der Waals surface area contributed by atoms with E-state index in [1.165, 1.54) is 30.6 Å². The van der Waals surface area contributed by atoms with Gasteiger partial charge in [-0.15, -0.1) is 0 Å². The number of hydrogen-bond acceptors (Lipinski definition) is 8. The van der Waals surface area contributed by atoms with Gasteiger partial charge in [0.25, 0.3) is 0 Å². The Morgan fingerprint density at radius 2 is 1.43 bits per heavy atom. The normalized spacial score (nSPS) is 13.9. The predicted octanol–water partition coefficient (Wildman–Crippen LogP) is -0.220. The van der Waals surface area contributed by atoms with Crippen LogP contribution in [0, 0.1) is 0 Å². The molecule has 0 bridgehead atoms. The molecule has 13 nitrogen and oxygen atoms in total. The Labute approximate surface area is 235 Å². The van der Waals surface area contributed by atoms with Crippen LogP contribution in [0.1, 0.15) is 23.4 Å². The maximum absolute atomic E-state index is 13.4. The lowest BCUT2D eigenvalue weighted by Gasteiger charge is -2.25. The fourth-order valence-corrected chi connectivity index (χ4v) is 4.40. The largest absolute Gasteiger partial charge is 0.480 e. The van der Waals surface area contributed by atoms with Crippen LogP contribution in [0.25, 0.3) is 0 Å². The molecule has 0 saturated carbocycles. The van der Waals surface area contributed by atoms with Gasteiger partial charge in [-0.2, -0.15) is 11.8 Å². The second-order valence-electron chi connectivity index (χ2n) is 9.16. The maximum Gasteiger partial charge on any atom is 0.326 e. The molecule has 0 radical (unpaired) electrons. The van der Waals surface area contributed by atoms with Crippen LogP contribution in [0.2, 0.25) is 0 Å². The van der Waals surface area contributed by atoms with Gasteiger partial charge in [0.1, 0.15) is 18.1 Å². The SMILES string of the molecule is CSCCC(NC(=O)C(N)Cc1cnc[nH]1)C(=O)NC(Cc1ccccc1)C(=O)NC(Cc1cnc[nH]1)C(=O)O. The van der Waals surface area contributed by atoms with Crippen molar-refractivity contribution in [1.82, 2.24) is 35.9 Å². The van der Waals surface area contributed by atoms with Crippen LogP contribution in [0.15, 0.2) is 55.4 Å². The third-order valence-electron chi connectivity index (χ3n) is 6.08. The van der Waals surface area contributed by atoms with Crippen LogP contribution >= 0.6 is 11.8 Å². The molecule has 0 aliphatic rings. The Morgan fingerprint density at radius 3 is 2.00 bits per heavy atom. The zero-order chi connectivity index (χ0) is 28.9. The molecule has 214 valence electrons. The van der Waals surface area contributed by atoms with Gasteiger partial charge >= 0.3 is 5.97 Å². The average Bonchev–Trinajstić information content (AvgIpc) is 3.65. The molecule has 4 atom stereocenters. The van der Waals surface area contributed by atoms with E-state index in [2.05, 4.69) is 35.9 Å². The Balaban J connectivity index is 1.74. The van der Waals surface area contributed by atoms with Crippen molar-refractivity contribution in [1.29, 1.82) is 0 Å². The number of carboxylic acid groups (broad SMARTS) is 1. The fraction of sp³-hybridized carbons (Fsp3) is 0.385. The summed E-state index contributed by atoms with van der Waals surface area (Å²) in [7, 11) is 0. The number of thioether (sulfide) groups is 1. The van der Waals surface area contributed by atoms with Crippen LogP contribution in [0.3, 0.4) is 0 Å². The van der Waals surface area contributed by atoms with Gasteiger partial charge in [0.2, 0.25) is 17.7 Å². The zero-order valence-electron chi connectivity index (χ0n) is 22.0. The van der Waals surface area contributed by atoms with Gasteiger partial charge in [0, 0.05) is 43.0 Å². The quantitative estimate of drug-likeness (QED) is 0.121. The Hall–Kier alpha value is -4.17. The number of hydrogen-bond donors (Lipinski definition) is 7. The highest BCUT2D eigenvalue weighted by atomic mass is 32.2. The molecule has 3 aromatic rings. The molecule has 1 aromatic carbocycles. The number of nitrogens with one attached hydrogen (secondary N) is 5. The van der Waals surface area contributed by atoms with Gasteiger partial charge in [-0.25, -0.2) is 14.8 Å². The van der Waals surface area contributed by atoms with Gasteiger partial charge in [-0.1, -0.05) is 30.3 Å². The second kappa shape index (κ2) is 15.4. The van der Waals surface area contributed by atoms with Crippen molar-refractivity contribution in [2.24, 2.45) is 5.73 Å². The number of aromatic nitrogens is 4. The highest BCUT2D eigenvalue weighted by Crippen LogP contribution is 2.08. The summed E-state index contributed by atoms with van der Waals surface area (Å²) in [6.07, 6.45) is 8.40. The lowest BCUT2D eigenvalue weighted by Crippen LogP contribution is -2.58. The molecule has 2 aromatic heterocycles. The lowest BCUT2D eigenvalue weighted by atomic mass is 10.0. The summed E-state index contributed by atoms with van der Waals surface area (Å²) in [6, 6.07) is 4.77. The number of aromatic amines is 2. The first kappa shape index (κ1) is 30.4. The third kappa shape index (κ3) is 9.54. The monoisotopic (exact) mass is 570 g/mol. The number of carbonyl (C=O) groups is 4. The number of imidazole rings is 2. The lowest BCUT2D eigenvalue weighted by molar-refractivity contribution is -0.142. The third-order valence-corrected chi connectivity index (χ3v) is 6.73. The Kier molecular flexibility index (Phi) is 11.7. The van der Waals surface area contributed by atoms with E-state index in [-0.39, 0.29) is 19.3 Å². The molecule has 3 rings (SSSR count). The van der Waals surface area contributed by atoms with Gasteiger partial charge < -0.3 is 36.8 Å². The summed E-state index contributed by atoms with van der Waals surface area (Å²) in [6.45, 7) is 0. The number of H-pyrrole nitrogens is 2. The molecule has 2 heterocycles. The first-order valence-corrected chi connectivity index (χ1v) is 14.0. The number of benzene rings is 1. The predicted molar refractivity (Wildman–Crippen MR) is 149 cm³/mol. The van der Waals surface area contributed by atoms with Crippen molar-refractivity contribution in [3.63, 3.8) is 0 Å². The second-order valence-corrected chi connectivity index (χ2v) is 10.1. The number of amides is 3. The molecule has 8 N–H and O–H groups in total. The highest BCUT2D eigenvalue weighted by molar-refractivity contribution is 7.98. The molecule has 4 unspecified atom stereocenters. The van der Waals surface area contributed by atoms with Crippen molar-refractivity contribution in [2.75, 3.05) is 12.0 Å². The minimum Gasteiger partial charge on any atom is -0.480 e. The molecule has 0 saturated heterocycles. The van der Waals surface area contributed by atoms with Crippen molar-refractivity contribution >= 4 is 35.5 Å². The maximum atomic E-state index is 13.4. The number of carboxylic acids is 1. The topological polar surface area (TPSA) is 208 Å². The number of nitrogens with zero attached hydrogens (tertiary/aromatic N) is 2. The summed E-state index contributed by atoms with van der Waals surface area (Å²) in [5.74, 6) is -2.44. The standard InChI is InChI=1S/C26H34N8O5S/c1-40-8-7-20(32-23(35)19(27)10-17-12-28-14-30-17)24(36)33-21(9-16-5-3-2-4-6-16)25(37)34-22(26(38)39)11-18-13-29-15-31-18/h2-6,12-15,19-22H,7-11,27H2,1H3,(H,28,30)(H,29,31)(H,32,35)(H,33,36)(H,34,37)(H,38,39). The van der Waals surface area contributed by atoms with Gasteiger partial charge in [-0.3, -0.25) is 14.4 Å². The van der Waals surface area contributed by atoms with Crippen molar-refractivity contribution < 1.29 is 24.3 Å². The first-order valence-electron chi connectivity index (χ1n) is 12.6. The number of rotatable bonds is 16. The van der Waals surface area contributed by atoms with E-state index in [9.17, 15) is 24.3 Å². The molecular weight excluding hydrogens is 536 g/mol. The van der Waals surface area contributed by atoms with Crippen molar-refractivity contribution in [3.8, 4) is 0 Å².